The van der Waals surface area contributed by atoms with Crippen LogP contribution in [0, 0.1) is 6.92 Å². The van der Waals surface area contributed by atoms with Crippen LogP contribution in [0.15, 0.2) is 35.1 Å². The van der Waals surface area contributed by atoms with Crippen LogP contribution in [0.1, 0.15) is 11.3 Å². The molecule has 6 heteroatoms. The number of furan rings is 1. The average molecular weight is 284 g/mol. The molecule has 0 unspecified atom stereocenters. The van der Waals surface area contributed by atoms with Crippen LogP contribution in [0.3, 0.4) is 0 Å². The molecule has 0 aliphatic rings. The van der Waals surface area contributed by atoms with Crippen LogP contribution in [0.5, 0.6) is 0 Å². The fourth-order valence-electron chi connectivity index (χ4n) is 2.32. The largest absolute Gasteiger partial charge is 0.467 e. The van der Waals surface area contributed by atoms with Crippen molar-refractivity contribution in [1.82, 2.24) is 15.2 Å². The minimum Gasteiger partial charge on any atom is -0.467 e. The number of thiophene rings is 1. The number of aromatic amines is 1. The molecule has 5 nitrogen and oxygen atoms in total. The Morgan fingerprint density at radius 3 is 3.20 bits per heavy atom. The van der Waals surface area contributed by atoms with E-state index in [2.05, 4.69) is 27.4 Å². The molecule has 20 heavy (non-hydrogen) atoms. The van der Waals surface area contributed by atoms with Gasteiger partial charge in [-0.05, 0) is 30.7 Å². The summed E-state index contributed by atoms with van der Waals surface area (Å²) in [6.07, 6.45) is 3.51. The van der Waals surface area contributed by atoms with Gasteiger partial charge in [0.15, 0.2) is 5.82 Å². The van der Waals surface area contributed by atoms with Crippen molar-refractivity contribution < 1.29 is 4.42 Å². The Morgan fingerprint density at radius 1 is 1.40 bits per heavy atom. The third-order valence-corrected chi connectivity index (χ3v) is 4.41. The van der Waals surface area contributed by atoms with Gasteiger partial charge in [0.25, 0.3) is 0 Å². The summed E-state index contributed by atoms with van der Waals surface area (Å²) in [5.41, 5.74) is 2.26. The van der Waals surface area contributed by atoms with Gasteiger partial charge in [-0.2, -0.15) is 5.10 Å². The van der Waals surface area contributed by atoms with E-state index in [0.717, 1.165) is 32.0 Å². The molecular weight excluding hydrogens is 272 g/mol. The Bertz CT molecular complexity index is 875. The highest BCUT2D eigenvalue weighted by molar-refractivity contribution is 7.26. The highest BCUT2D eigenvalue weighted by Crippen LogP contribution is 2.36. The van der Waals surface area contributed by atoms with E-state index < -0.39 is 0 Å². The molecule has 4 aromatic heterocycles. The van der Waals surface area contributed by atoms with Gasteiger partial charge in [0.2, 0.25) is 0 Å². The lowest BCUT2D eigenvalue weighted by Crippen LogP contribution is -1.98. The average Bonchev–Trinajstić information content (AvgIpc) is 3.12. The molecule has 0 amide bonds. The zero-order valence-corrected chi connectivity index (χ0v) is 11.6. The van der Waals surface area contributed by atoms with Crippen LogP contribution < -0.4 is 5.32 Å². The van der Waals surface area contributed by atoms with E-state index in [1.165, 1.54) is 5.56 Å². The molecule has 0 aromatic carbocycles. The predicted molar refractivity (Wildman–Crippen MR) is 80.0 cm³/mol. The summed E-state index contributed by atoms with van der Waals surface area (Å²) >= 11 is 1.65. The van der Waals surface area contributed by atoms with Gasteiger partial charge in [-0.25, -0.2) is 4.98 Å². The number of rotatable bonds is 3. The van der Waals surface area contributed by atoms with E-state index >= 15 is 0 Å². The Kier molecular flexibility index (Phi) is 2.50. The molecule has 4 heterocycles. The molecule has 0 spiro atoms. The molecule has 4 rings (SSSR count). The summed E-state index contributed by atoms with van der Waals surface area (Å²) in [6, 6.07) is 5.84. The SMILES string of the molecule is Cc1ccnc2sc3c(NCc4ccco4)n[nH]c3c12. The molecule has 0 saturated heterocycles. The highest BCUT2D eigenvalue weighted by Gasteiger charge is 2.14. The zero-order valence-electron chi connectivity index (χ0n) is 10.8. The van der Waals surface area contributed by atoms with Crippen molar-refractivity contribution in [3.63, 3.8) is 0 Å². The third kappa shape index (κ3) is 1.69. The smallest absolute Gasteiger partial charge is 0.166 e. The van der Waals surface area contributed by atoms with E-state index in [0.29, 0.717) is 6.54 Å². The van der Waals surface area contributed by atoms with Gasteiger partial charge in [0.05, 0.1) is 23.0 Å². The van der Waals surface area contributed by atoms with Crippen LogP contribution in [0.25, 0.3) is 20.4 Å². The number of anilines is 1. The number of hydrogen-bond donors (Lipinski definition) is 2. The number of nitrogens with one attached hydrogen (secondary N) is 2. The van der Waals surface area contributed by atoms with Gasteiger partial charge in [0.1, 0.15) is 10.6 Å². The van der Waals surface area contributed by atoms with Crippen LogP contribution in [0.2, 0.25) is 0 Å². The summed E-state index contributed by atoms with van der Waals surface area (Å²) < 4.78 is 6.42. The molecular formula is C14H12N4OS. The van der Waals surface area contributed by atoms with Crippen LogP contribution in [-0.4, -0.2) is 15.2 Å². The first-order valence-corrected chi connectivity index (χ1v) is 7.13. The minimum atomic E-state index is 0.619. The highest BCUT2D eigenvalue weighted by atomic mass is 32.1. The molecule has 2 N–H and O–H groups in total. The summed E-state index contributed by atoms with van der Waals surface area (Å²) in [5.74, 6) is 1.73. The quantitative estimate of drug-likeness (QED) is 0.602. The second kappa shape index (κ2) is 4.35. The van der Waals surface area contributed by atoms with Gasteiger partial charge in [0, 0.05) is 11.6 Å². The van der Waals surface area contributed by atoms with Gasteiger partial charge in [-0.3, -0.25) is 5.10 Å². The lowest BCUT2D eigenvalue weighted by Gasteiger charge is -1.98. The number of H-pyrrole nitrogens is 1. The monoisotopic (exact) mass is 284 g/mol. The van der Waals surface area contributed by atoms with Crippen LogP contribution >= 0.6 is 11.3 Å². The Balaban J connectivity index is 1.77. The fraction of sp³-hybridized carbons (Fsp3) is 0.143. The number of fused-ring (bicyclic) bond motifs is 3. The van der Waals surface area contributed by atoms with Gasteiger partial charge in [-0.15, -0.1) is 11.3 Å². The zero-order chi connectivity index (χ0) is 13.5. The van der Waals surface area contributed by atoms with E-state index in [1.807, 2.05) is 24.4 Å². The first-order chi connectivity index (χ1) is 9.83. The van der Waals surface area contributed by atoms with Crippen molar-refractivity contribution in [3.8, 4) is 0 Å². The van der Waals surface area contributed by atoms with Gasteiger partial charge in [-0.1, -0.05) is 0 Å². The molecule has 0 radical (unpaired) electrons. The van der Waals surface area contributed by atoms with Crippen molar-refractivity contribution >= 4 is 37.6 Å². The minimum absolute atomic E-state index is 0.619. The fourth-order valence-corrected chi connectivity index (χ4v) is 3.45. The van der Waals surface area contributed by atoms with Crippen molar-refractivity contribution in [2.24, 2.45) is 0 Å². The number of pyridine rings is 1. The van der Waals surface area contributed by atoms with Gasteiger partial charge < -0.3 is 9.73 Å². The van der Waals surface area contributed by atoms with Crippen molar-refractivity contribution in [1.29, 1.82) is 0 Å². The molecule has 4 aromatic rings. The van der Waals surface area contributed by atoms with Crippen molar-refractivity contribution in [2.45, 2.75) is 13.5 Å². The first kappa shape index (κ1) is 11.5. The normalized spacial score (nSPS) is 11.4. The maximum atomic E-state index is 5.31. The molecule has 0 aliphatic carbocycles. The molecule has 0 saturated carbocycles. The number of aromatic nitrogens is 3. The Labute approximate surface area is 118 Å². The van der Waals surface area contributed by atoms with E-state index in [9.17, 15) is 0 Å². The molecule has 0 aliphatic heterocycles. The lowest BCUT2D eigenvalue weighted by atomic mass is 10.2. The lowest BCUT2D eigenvalue weighted by molar-refractivity contribution is 0.518. The maximum Gasteiger partial charge on any atom is 0.166 e. The summed E-state index contributed by atoms with van der Waals surface area (Å²) in [5, 5.41) is 11.9. The first-order valence-electron chi connectivity index (χ1n) is 6.31. The molecule has 0 atom stereocenters. The standard InChI is InChI=1S/C14H12N4OS/c1-8-4-5-15-14-10(8)11-12(20-14)13(18-17-11)16-7-9-3-2-6-19-9/h2-6H,7H2,1H3,(H2,16,17,18). The summed E-state index contributed by atoms with van der Waals surface area (Å²) in [4.78, 5) is 5.46. The summed E-state index contributed by atoms with van der Waals surface area (Å²) in [7, 11) is 0. The summed E-state index contributed by atoms with van der Waals surface area (Å²) in [6.45, 7) is 2.71. The predicted octanol–water partition coefficient (Wildman–Crippen LogP) is 3.69. The maximum absolute atomic E-state index is 5.31. The number of nitrogens with zero attached hydrogens (tertiary/aromatic N) is 2. The molecule has 0 fully saturated rings. The Hall–Kier alpha value is -2.34. The second-order valence-corrected chi connectivity index (χ2v) is 5.62. The second-order valence-electron chi connectivity index (χ2n) is 4.62. The van der Waals surface area contributed by atoms with Crippen molar-refractivity contribution in [2.75, 3.05) is 5.32 Å². The number of hydrogen-bond acceptors (Lipinski definition) is 5. The molecule has 100 valence electrons. The number of aryl methyl sites for hydroxylation is 1. The van der Waals surface area contributed by atoms with E-state index in [1.54, 1.807) is 17.6 Å². The van der Waals surface area contributed by atoms with Gasteiger partial charge >= 0.3 is 0 Å². The van der Waals surface area contributed by atoms with E-state index in [4.69, 9.17) is 4.42 Å². The Morgan fingerprint density at radius 2 is 2.35 bits per heavy atom. The van der Waals surface area contributed by atoms with Crippen molar-refractivity contribution in [3.05, 3.63) is 42.0 Å². The topological polar surface area (TPSA) is 66.7 Å². The van der Waals surface area contributed by atoms with E-state index in [-0.39, 0.29) is 0 Å². The third-order valence-electron chi connectivity index (χ3n) is 3.31. The van der Waals surface area contributed by atoms with Crippen LogP contribution in [-0.2, 0) is 6.54 Å². The molecule has 0 bridgehead atoms. The van der Waals surface area contributed by atoms with Crippen LogP contribution in [0.4, 0.5) is 5.82 Å².